The fraction of sp³-hybridized carbons (Fsp3) is 0.438. The third-order valence-electron chi connectivity index (χ3n) is 3.87. The maximum absolute atomic E-state index is 12.7. The molecule has 0 atom stereocenters. The average Bonchev–Trinajstić information content (AvgIpc) is 2.91. The van der Waals surface area contributed by atoms with Gasteiger partial charge in [0.15, 0.2) is 5.16 Å². The summed E-state index contributed by atoms with van der Waals surface area (Å²) in [6, 6.07) is 0. The van der Waals surface area contributed by atoms with Crippen LogP contribution in [0.3, 0.4) is 0 Å². The predicted molar refractivity (Wildman–Crippen MR) is 93.5 cm³/mol. The Hall–Kier alpha value is -1.60. The first-order chi connectivity index (χ1) is 11.2. The van der Waals surface area contributed by atoms with E-state index in [-0.39, 0.29) is 17.2 Å². The van der Waals surface area contributed by atoms with Crippen LogP contribution in [-0.4, -0.2) is 28.4 Å². The van der Waals surface area contributed by atoms with E-state index in [0.717, 1.165) is 36.1 Å². The lowest BCUT2D eigenvalue weighted by Crippen LogP contribution is -2.15. The molecule has 3 rings (SSSR count). The van der Waals surface area contributed by atoms with Crippen molar-refractivity contribution in [2.45, 2.75) is 37.4 Å². The summed E-state index contributed by atoms with van der Waals surface area (Å²) in [5.41, 5.74) is 1.50. The highest BCUT2D eigenvalue weighted by molar-refractivity contribution is 7.99. The molecule has 1 aliphatic carbocycles. The molecule has 2 heterocycles. The number of carbonyl (C=O) groups is 1. The lowest BCUT2D eigenvalue weighted by atomic mass is 9.98. The largest absolute Gasteiger partial charge is 0.468 e. The summed E-state index contributed by atoms with van der Waals surface area (Å²) >= 11 is 2.95. The smallest absolute Gasteiger partial charge is 0.316 e. The van der Waals surface area contributed by atoms with Crippen molar-refractivity contribution in [2.24, 2.45) is 0 Å². The van der Waals surface area contributed by atoms with Crippen molar-refractivity contribution in [2.75, 3.05) is 12.9 Å². The first-order valence-electron chi connectivity index (χ1n) is 7.51. The zero-order chi connectivity index (χ0) is 16.4. The van der Waals surface area contributed by atoms with Crippen LogP contribution in [0.25, 0.3) is 10.3 Å². The second-order valence-corrected chi connectivity index (χ2v) is 7.38. The zero-order valence-corrected chi connectivity index (χ0v) is 14.6. The van der Waals surface area contributed by atoms with Crippen LogP contribution in [0.2, 0.25) is 0 Å². The van der Waals surface area contributed by atoms with Gasteiger partial charge in [0, 0.05) is 17.0 Å². The highest BCUT2D eigenvalue weighted by atomic mass is 32.2. The second kappa shape index (κ2) is 6.88. The number of ether oxygens (including phenoxy) is 1. The van der Waals surface area contributed by atoms with E-state index in [1.54, 1.807) is 17.4 Å². The predicted octanol–water partition coefficient (Wildman–Crippen LogP) is 2.79. The van der Waals surface area contributed by atoms with Crippen molar-refractivity contribution >= 4 is 39.4 Å². The number of fused-ring (bicyclic) bond motifs is 2. The number of esters is 1. The molecule has 2 aromatic rings. The molecule has 23 heavy (non-hydrogen) atoms. The minimum Gasteiger partial charge on any atom is -0.468 e. The van der Waals surface area contributed by atoms with Gasteiger partial charge >= 0.3 is 5.97 Å². The molecule has 0 amide bonds. The molecule has 0 fully saturated rings. The Morgan fingerprint density at radius 2 is 2.26 bits per heavy atom. The number of allylic oxidation sites excluding steroid dienone is 1. The Bertz CT molecular complexity index is 823. The maximum atomic E-state index is 12.7. The molecule has 0 aliphatic heterocycles. The van der Waals surface area contributed by atoms with Gasteiger partial charge in [0.1, 0.15) is 10.3 Å². The normalized spacial score (nSPS) is 13.8. The van der Waals surface area contributed by atoms with Gasteiger partial charge in [-0.3, -0.25) is 9.59 Å². The van der Waals surface area contributed by atoms with Gasteiger partial charge in [-0.05, 0) is 25.7 Å². The van der Waals surface area contributed by atoms with Gasteiger partial charge in [0.05, 0.1) is 12.9 Å². The van der Waals surface area contributed by atoms with Crippen molar-refractivity contribution in [1.29, 1.82) is 0 Å². The zero-order valence-electron chi connectivity index (χ0n) is 13.0. The van der Waals surface area contributed by atoms with Crippen molar-refractivity contribution in [3.8, 4) is 0 Å². The van der Waals surface area contributed by atoms with Crippen LogP contribution in [0.15, 0.2) is 22.6 Å². The molecule has 0 radical (unpaired) electrons. The van der Waals surface area contributed by atoms with Crippen molar-refractivity contribution in [3.63, 3.8) is 0 Å². The summed E-state index contributed by atoms with van der Waals surface area (Å²) in [5, 5.41) is 0.668. The van der Waals surface area contributed by atoms with Gasteiger partial charge in [-0.1, -0.05) is 17.8 Å². The third-order valence-corrected chi connectivity index (χ3v) is 6.12. The van der Waals surface area contributed by atoms with Crippen LogP contribution in [0.5, 0.6) is 0 Å². The van der Waals surface area contributed by atoms with Crippen LogP contribution in [-0.2, 0) is 28.9 Å². The number of rotatable bonds is 5. The molecule has 7 heteroatoms. The Balaban J connectivity index is 2.11. The Labute approximate surface area is 142 Å². The van der Waals surface area contributed by atoms with E-state index < -0.39 is 0 Å². The minimum absolute atomic E-state index is 0.0520. The Morgan fingerprint density at radius 3 is 3.00 bits per heavy atom. The molecular weight excluding hydrogens is 332 g/mol. The van der Waals surface area contributed by atoms with E-state index in [2.05, 4.69) is 16.3 Å². The lowest BCUT2D eigenvalue weighted by Gasteiger charge is -2.13. The minimum atomic E-state index is -0.308. The number of methoxy groups -OCH3 is 1. The number of nitrogens with zero attached hydrogens (tertiary/aromatic N) is 2. The summed E-state index contributed by atoms with van der Waals surface area (Å²) in [5.74, 6) is -0.132. The maximum Gasteiger partial charge on any atom is 0.316 e. The molecular formula is C16H18N2O3S2. The number of aromatic nitrogens is 2. The number of aryl methyl sites for hydroxylation is 1. The lowest BCUT2D eigenvalue weighted by molar-refractivity contribution is -0.137. The number of hydrogen-bond donors (Lipinski definition) is 0. The summed E-state index contributed by atoms with van der Waals surface area (Å²) in [6.45, 7) is 4.35. The Morgan fingerprint density at radius 1 is 1.48 bits per heavy atom. The van der Waals surface area contributed by atoms with Crippen LogP contribution < -0.4 is 5.43 Å². The first kappa shape index (κ1) is 16.3. The van der Waals surface area contributed by atoms with E-state index in [0.29, 0.717) is 17.2 Å². The van der Waals surface area contributed by atoms with Gasteiger partial charge in [0.2, 0.25) is 5.43 Å². The monoisotopic (exact) mass is 350 g/mol. The van der Waals surface area contributed by atoms with Gasteiger partial charge in [-0.15, -0.1) is 17.9 Å². The molecule has 0 bridgehead atoms. The molecule has 2 aromatic heterocycles. The molecule has 0 unspecified atom stereocenters. The van der Waals surface area contributed by atoms with Gasteiger partial charge in [-0.25, -0.2) is 4.98 Å². The van der Waals surface area contributed by atoms with E-state index in [1.165, 1.54) is 23.7 Å². The van der Waals surface area contributed by atoms with Crippen LogP contribution in [0.1, 0.15) is 23.3 Å². The van der Waals surface area contributed by atoms with E-state index in [4.69, 9.17) is 0 Å². The van der Waals surface area contributed by atoms with Crippen LogP contribution >= 0.6 is 23.1 Å². The average molecular weight is 350 g/mol. The fourth-order valence-corrected chi connectivity index (χ4v) is 4.95. The van der Waals surface area contributed by atoms with E-state index >= 15 is 0 Å². The molecule has 0 saturated carbocycles. The number of thioether (sulfide) groups is 1. The molecule has 5 nitrogen and oxygen atoms in total. The topological polar surface area (TPSA) is 61.2 Å². The van der Waals surface area contributed by atoms with E-state index in [9.17, 15) is 9.59 Å². The van der Waals surface area contributed by atoms with Gasteiger partial charge in [0.25, 0.3) is 0 Å². The molecule has 0 N–H and O–H groups in total. The summed E-state index contributed by atoms with van der Waals surface area (Å²) < 4.78 is 6.64. The van der Waals surface area contributed by atoms with Gasteiger partial charge < -0.3 is 9.30 Å². The SMILES string of the molecule is C=CCn1c(SCC(=O)OC)nc2c(=O)c3c(sc21)CCCC3. The molecule has 0 aromatic carbocycles. The summed E-state index contributed by atoms with van der Waals surface area (Å²) in [4.78, 5) is 30.7. The van der Waals surface area contributed by atoms with Crippen LogP contribution in [0, 0.1) is 0 Å². The summed E-state index contributed by atoms with van der Waals surface area (Å²) in [7, 11) is 1.36. The highest BCUT2D eigenvalue weighted by Crippen LogP contribution is 2.31. The summed E-state index contributed by atoms with van der Waals surface area (Å²) in [6.07, 6.45) is 5.79. The number of carbonyl (C=O) groups excluding carboxylic acids is 1. The third kappa shape index (κ3) is 3.07. The van der Waals surface area contributed by atoms with Crippen LogP contribution in [0.4, 0.5) is 0 Å². The van der Waals surface area contributed by atoms with Crippen molar-refractivity contribution in [1.82, 2.24) is 9.55 Å². The first-order valence-corrected chi connectivity index (χ1v) is 9.31. The Kier molecular flexibility index (Phi) is 4.87. The molecule has 0 spiro atoms. The molecule has 1 aliphatic rings. The standard InChI is InChI=1S/C16H18N2O3S2/c1-3-8-18-15-13(17-16(18)22-9-12(19)21-2)14(20)10-6-4-5-7-11(10)23-15/h3H,1,4-9H2,2H3. The van der Waals surface area contributed by atoms with Crippen molar-refractivity contribution < 1.29 is 9.53 Å². The molecule has 122 valence electrons. The second-order valence-electron chi connectivity index (χ2n) is 5.35. The van der Waals surface area contributed by atoms with Crippen molar-refractivity contribution in [3.05, 3.63) is 33.3 Å². The number of imidazole rings is 1. The van der Waals surface area contributed by atoms with Gasteiger partial charge in [-0.2, -0.15) is 0 Å². The molecule has 0 saturated heterocycles. The van der Waals surface area contributed by atoms with E-state index in [1.807, 2.05) is 4.57 Å². The number of hydrogen-bond acceptors (Lipinski definition) is 6. The highest BCUT2D eigenvalue weighted by Gasteiger charge is 2.21. The fourth-order valence-electron chi connectivity index (χ4n) is 2.74. The quantitative estimate of drug-likeness (QED) is 0.471.